The van der Waals surface area contributed by atoms with E-state index in [1.807, 2.05) is 27.7 Å². The van der Waals surface area contributed by atoms with Crippen molar-refractivity contribution in [3.63, 3.8) is 0 Å². The van der Waals surface area contributed by atoms with Crippen molar-refractivity contribution in [2.45, 2.75) is 52.0 Å². The first-order chi connectivity index (χ1) is 8.75. The molecule has 0 aromatic carbocycles. The Bertz CT molecular complexity index is 462. The molecule has 7 heteroatoms. The van der Waals surface area contributed by atoms with Crippen molar-refractivity contribution < 1.29 is 14.7 Å². The molecular weight excluding hydrogens is 248 g/mol. The molecule has 0 saturated carbocycles. The van der Waals surface area contributed by atoms with E-state index in [1.165, 1.54) is 0 Å². The number of nitrogens with zero attached hydrogens (tertiary/aromatic N) is 2. The summed E-state index contributed by atoms with van der Waals surface area (Å²) in [6.45, 7) is 7.66. The molecule has 0 radical (unpaired) electrons. The first-order valence-corrected chi connectivity index (χ1v) is 6.22. The van der Waals surface area contributed by atoms with Gasteiger partial charge in [-0.15, -0.1) is 5.10 Å². The highest BCUT2D eigenvalue weighted by Gasteiger charge is 2.24. The van der Waals surface area contributed by atoms with Gasteiger partial charge < -0.3 is 10.4 Å². The van der Waals surface area contributed by atoms with Crippen LogP contribution in [0.2, 0.25) is 0 Å². The predicted octanol–water partition coefficient (Wildman–Crippen LogP) is 1.09. The fourth-order valence-electron chi connectivity index (χ4n) is 1.47. The number of aliphatic carboxylic acids is 1. The number of aromatic amines is 1. The molecule has 19 heavy (non-hydrogen) atoms. The summed E-state index contributed by atoms with van der Waals surface area (Å²) < 4.78 is 0. The topological polar surface area (TPSA) is 108 Å². The summed E-state index contributed by atoms with van der Waals surface area (Å²) in [4.78, 5) is 26.9. The lowest BCUT2D eigenvalue weighted by Gasteiger charge is -2.13. The van der Waals surface area contributed by atoms with Crippen LogP contribution in [0.25, 0.3) is 0 Å². The van der Waals surface area contributed by atoms with Crippen LogP contribution in [-0.4, -0.2) is 38.2 Å². The highest BCUT2D eigenvalue weighted by Crippen LogP contribution is 2.17. The molecule has 7 nitrogen and oxygen atoms in total. The van der Waals surface area contributed by atoms with E-state index < -0.39 is 17.9 Å². The van der Waals surface area contributed by atoms with E-state index >= 15 is 0 Å². The van der Waals surface area contributed by atoms with E-state index in [1.54, 1.807) is 0 Å². The number of rotatable bonds is 5. The highest BCUT2D eigenvalue weighted by atomic mass is 16.4. The fraction of sp³-hybridized carbons (Fsp3) is 0.667. The van der Waals surface area contributed by atoms with Gasteiger partial charge in [-0.1, -0.05) is 34.1 Å². The Balaban J connectivity index is 2.78. The van der Waals surface area contributed by atoms with Gasteiger partial charge in [0.1, 0.15) is 11.9 Å². The standard InChI is InChI=1S/C12H20N4O3/c1-5-6-7(10(18)19)13-9(17)8-14-11(16-15-8)12(2,3)4/h7H,5-6H2,1-4H3,(H,13,17)(H,18,19)(H,14,15,16)/t7-/m0/s1. The van der Waals surface area contributed by atoms with Crippen LogP contribution in [0, 0.1) is 0 Å². The van der Waals surface area contributed by atoms with Crippen LogP contribution in [0.4, 0.5) is 0 Å². The number of carboxylic acid groups (broad SMARTS) is 1. The van der Waals surface area contributed by atoms with E-state index in [0.717, 1.165) is 0 Å². The maximum absolute atomic E-state index is 11.9. The molecular formula is C12H20N4O3. The third kappa shape index (κ3) is 4.04. The van der Waals surface area contributed by atoms with Crippen molar-refractivity contribution in [2.24, 2.45) is 0 Å². The zero-order valence-electron chi connectivity index (χ0n) is 11.6. The van der Waals surface area contributed by atoms with Crippen LogP contribution in [0.1, 0.15) is 57.0 Å². The van der Waals surface area contributed by atoms with Crippen molar-refractivity contribution in [2.75, 3.05) is 0 Å². The summed E-state index contributed by atoms with van der Waals surface area (Å²) in [6.07, 6.45) is 1.04. The lowest BCUT2D eigenvalue weighted by Crippen LogP contribution is -2.41. The van der Waals surface area contributed by atoms with Gasteiger partial charge >= 0.3 is 5.97 Å². The molecule has 1 heterocycles. The normalized spacial score (nSPS) is 13.1. The number of carboxylic acids is 1. The molecule has 0 unspecified atom stereocenters. The van der Waals surface area contributed by atoms with Gasteiger partial charge in [-0.2, -0.15) is 0 Å². The molecule has 0 bridgehead atoms. The first-order valence-electron chi connectivity index (χ1n) is 6.22. The second-order valence-corrected chi connectivity index (χ2v) is 5.41. The van der Waals surface area contributed by atoms with Crippen LogP contribution in [0.15, 0.2) is 0 Å². The van der Waals surface area contributed by atoms with Crippen LogP contribution >= 0.6 is 0 Å². The molecule has 1 rings (SSSR count). The van der Waals surface area contributed by atoms with Gasteiger partial charge in [0.2, 0.25) is 5.82 Å². The Labute approximate surface area is 111 Å². The molecule has 106 valence electrons. The van der Waals surface area contributed by atoms with Gasteiger partial charge in [-0.3, -0.25) is 9.89 Å². The van der Waals surface area contributed by atoms with E-state index in [-0.39, 0.29) is 11.2 Å². The Morgan fingerprint density at radius 2 is 2.05 bits per heavy atom. The minimum atomic E-state index is -1.05. The number of amides is 1. The maximum Gasteiger partial charge on any atom is 0.326 e. The van der Waals surface area contributed by atoms with Crippen molar-refractivity contribution in [3.05, 3.63) is 11.6 Å². The second-order valence-electron chi connectivity index (χ2n) is 5.41. The van der Waals surface area contributed by atoms with Gasteiger partial charge in [0.25, 0.3) is 5.91 Å². The Kier molecular flexibility index (Phi) is 4.63. The van der Waals surface area contributed by atoms with Crippen LogP contribution in [-0.2, 0) is 10.2 Å². The lowest BCUT2D eigenvalue weighted by atomic mass is 9.96. The van der Waals surface area contributed by atoms with Crippen LogP contribution in [0.5, 0.6) is 0 Å². The lowest BCUT2D eigenvalue weighted by molar-refractivity contribution is -0.139. The number of nitrogens with one attached hydrogen (secondary N) is 2. The molecule has 0 spiro atoms. The van der Waals surface area contributed by atoms with Gasteiger partial charge in [0, 0.05) is 5.41 Å². The fourth-order valence-corrected chi connectivity index (χ4v) is 1.47. The Morgan fingerprint density at radius 3 is 2.47 bits per heavy atom. The zero-order valence-corrected chi connectivity index (χ0v) is 11.6. The smallest absolute Gasteiger partial charge is 0.326 e. The average molecular weight is 268 g/mol. The number of hydrogen-bond donors (Lipinski definition) is 3. The quantitative estimate of drug-likeness (QED) is 0.740. The second kappa shape index (κ2) is 5.81. The summed E-state index contributed by atoms with van der Waals surface area (Å²) >= 11 is 0. The van der Waals surface area contributed by atoms with E-state index in [0.29, 0.717) is 18.7 Å². The Morgan fingerprint density at radius 1 is 1.42 bits per heavy atom. The number of aromatic nitrogens is 3. The predicted molar refractivity (Wildman–Crippen MR) is 68.9 cm³/mol. The Hall–Kier alpha value is -1.92. The SMILES string of the molecule is CCC[C@H](NC(=O)c1n[nH]c(C(C)(C)C)n1)C(=O)O. The van der Waals surface area contributed by atoms with E-state index in [9.17, 15) is 9.59 Å². The molecule has 0 aliphatic carbocycles. The number of H-pyrrole nitrogens is 1. The van der Waals surface area contributed by atoms with Crippen molar-refractivity contribution in [1.29, 1.82) is 0 Å². The molecule has 1 aromatic rings. The number of carbonyl (C=O) groups is 2. The zero-order chi connectivity index (χ0) is 14.6. The first kappa shape index (κ1) is 15.1. The summed E-state index contributed by atoms with van der Waals surface area (Å²) in [7, 11) is 0. The van der Waals surface area contributed by atoms with Crippen LogP contribution < -0.4 is 5.32 Å². The minimum Gasteiger partial charge on any atom is -0.480 e. The minimum absolute atomic E-state index is 0.0349. The highest BCUT2D eigenvalue weighted by molar-refractivity contribution is 5.93. The number of hydrogen-bond acceptors (Lipinski definition) is 4. The molecule has 0 aliphatic rings. The van der Waals surface area contributed by atoms with Crippen LogP contribution in [0.3, 0.4) is 0 Å². The summed E-state index contributed by atoms with van der Waals surface area (Å²) in [5.74, 6) is -1.08. The summed E-state index contributed by atoms with van der Waals surface area (Å²) in [6, 6.07) is -0.908. The molecule has 3 N–H and O–H groups in total. The van der Waals surface area contributed by atoms with Crippen molar-refractivity contribution in [3.8, 4) is 0 Å². The van der Waals surface area contributed by atoms with E-state index in [2.05, 4.69) is 20.5 Å². The molecule has 1 atom stereocenters. The molecule has 1 amide bonds. The molecule has 0 aliphatic heterocycles. The number of carbonyl (C=O) groups excluding carboxylic acids is 1. The molecule has 0 fully saturated rings. The summed E-state index contributed by atoms with van der Waals surface area (Å²) in [5, 5.41) is 17.9. The summed E-state index contributed by atoms with van der Waals surface area (Å²) in [5.41, 5.74) is -0.249. The third-order valence-corrected chi connectivity index (χ3v) is 2.58. The average Bonchev–Trinajstić information content (AvgIpc) is 2.76. The maximum atomic E-state index is 11.9. The van der Waals surface area contributed by atoms with Gasteiger partial charge in [0.15, 0.2) is 0 Å². The van der Waals surface area contributed by atoms with Gasteiger partial charge in [-0.05, 0) is 6.42 Å². The monoisotopic (exact) mass is 268 g/mol. The van der Waals surface area contributed by atoms with Gasteiger partial charge in [0.05, 0.1) is 0 Å². The third-order valence-electron chi connectivity index (χ3n) is 2.58. The van der Waals surface area contributed by atoms with Gasteiger partial charge in [-0.25, -0.2) is 9.78 Å². The van der Waals surface area contributed by atoms with Crippen molar-refractivity contribution in [1.82, 2.24) is 20.5 Å². The largest absolute Gasteiger partial charge is 0.480 e. The molecule has 0 saturated heterocycles. The van der Waals surface area contributed by atoms with Crippen molar-refractivity contribution >= 4 is 11.9 Å². The molecule has 1 aromatic heterocycles. The van der Waals surface area contributed by atoms with E-state index in [4.69, 9.17) is 5.11 Å².